The highest BCUT2D eigenvalue weighted by Gasteiger charge is 2.51. The van der Waals surface area contributed by atoms with Crippen molar-refractivity contribution in [2.75, 3.05) is 18.1 Å². The molecule has 2 aliphatic rings. The zero-order valence-electron chi connectivity index (χ0n) is 12.6. The number of ether oxygens (including phenoxy) is 1. The van der Waals surface area contributed by atoms with E-state index < -0.39 is 12.0 Å². The standard InChI is InChI=1S/C12H16N6O3S2/c1-3-21-11(20)8-6(5-23-12-14-15-16-17(12)2)4-22-10-7(13)9(19)18(8)10/h7,10H,3-5,13H2,1-2H3/t7?,10-/m1/s1. The summed E-state index contributed by atoms with van der Waals surface area (Å²) in [5.74, 6) is 0.396. The van der Waals surface area contributed by atoms with Crippen molar-refractivity contribution in [3.05, 3.63) is 11.3 Å². The number of carbonyl (C=O) groups is 2. The predicted octanol–water partition coefficient (Wildman–Crippen LogP) is -0.638. The van der Waals surface area contributed by atoms with Crippen LogP contribution in [0.25, 0.3) is 0 Å². The van der Waals surface area contributed by atoms with Crippen molar-refractivity contribution in [3.8, 4) is 0 Å². The van der Waals surface area contributed by atoms with Gasteiger partial charge >= 0.3 is 5.97 Å². The molecule has 1 aromatic heterocycles. The lowest BCUT2D eigenvalue weighted by Crippen LogP contribution is -2.68. The van der Waals surface area contributed by atoms with Crippen molar-refractivity contribution >= 4 is 35.4 Å². The van der Waals surface area contributed by atoms with Crippen LogP contribution in [0.4, 0.5) is 0 Å². The van der Waals surface area contributed by atoms with Gasteiger partial charge in [0.2, 0.25) is 11.1 Å². The summed E-state index contributed by atoms with van der Waals surface area (Å²) in [6, 6.07) is -0.554. The number of rotatable bonds is 5. The van der Waals surface area contributed by atoms with E-state index in [1.54, 1.807) is 30.4 Å². The number of fused-ring (bicyclic) bond motifs is 1. The van der Waals surface area contributed by atoms with E-state index in [0.29, 0.717) is 22.4 Å². The molecule has 23 heavy (non-hydrogen) atoms. The Balaban J connectivity index is 1.84. The van der Waals surface area contributed by atoms with Crippen molar-refractivity contribution in [1.82, 2.24) is 25.1 Å². The number of nitrogens with zero attached hydrogens (tertiary/aromatic N) is 5. The third kappa shape index (κ3) is 2.83. The van der Waals surface area contributed by atoms with Gasteiger partial charge in [0.05, 0.1) is 6.61 Å². The summed E-state index contributed by atoms with van der Waals surface area (Å²) in [7, 11) is 1.74. The van der Waals surface area contributed by atoms with Gasteiger partial charge in [-0.2, -0.15) is 0 Å². The SMILES string of the molecule is CCOC(=O)C1=C(CSc2nnnn2C)CS[C@@H]2C(N)C(=O)N12. The number of thioether (sulfide) groups is 2. The fraction of sp³-hybridized carbons (Fsp3) is 0.583. The zero-order chi connectivity index (χ0) is 16.6. The molecule has 1 amide bonds. The molecular weight excluding hydrogens is 340 g/mol. The molecule has 2 atom stereocenters. The van der Waals surface area contributed by atoms with Crippen LogP contribution in [0.1, 0.15) is 6.92 Å². The highest BCUT2D eigenvalue weighted by atomic mass is 32.2. The average Bonchev–Trinajstić information content (AvgIpc) is 2.96. The minimum absolute atomic E-state index is 0.188. The summed E-state index contributed by atoms with van der Waals surface area (Å²) in [4.78, 5) is 25.8. The summed E-state index contributed by atoms with van der Waals surface area (Å²) < 4.78 is 6.67. The molecule has 2 N–H and O–H groups in total. The Labute approximate surface area is 141 Å². The number of β-lactam (4-membered cyclic amide) rings is 1. The molecular formula is C12H16N6O3S2. The summed E-state index contributed by atoms with van der Waals surface area (Å²) in [6.45, 7) is 1.98. The highest BCUT2D eigenvalue weighted by molar-refractivity contribution is 8.01. The fourth-order valence-electron chi connectivity index (χ4n) is 2.37. The van der Waals surface area contributed by atoms with Gasteiger partial charge in [0, 0.05) is 18.6 Å². The predicted molar refractivity (Wildman–Crippen MR) is 84.2 cm³/mol. The molecule has 0 spiro atoms. The second-order valence-corrected chi connectivity index (χ2v) is 7.03. The number of nitrogens with two attached hydrogens (primary N) is 1. The maximum absolute atomic E-state index is 12.3. The summed E-state index contributed by atoms with van der Waals surface area (Å²) in [6.07, 6.45) is 0. The number of amides is 1. The van der Waals surface area contributed by atoms with Gasteiger partial charge in [-0.3, -0.25) is 9.69 Å². The smallest absolute Gasteiger partial charge is 0.355 e. The van der Waals surface area contributed by atoms with Gasteiger partial charge in [0.15, 0.2) is 0 Å². The number of aryl methyl sites for hydroxylation is 1. The first-order valence-corrected chi connectivity index (χ1v) is 9.02. The van der Waals surface area contributed by atoms with Crippen molar-refractivity contribution in [2.45, 2.75) is 23.5 Å². The number of hydrogen-bond donors (Lipinski definition) is 1. The minimum Gasteiger partial charge on any atom is -0.461 e. The summed E-state index contributed by atoms with van der Waals surface area (Å²) in [5, 5.41) is 11.7. The Kier molecular flexibility index (Phi) is 4.60. The lowest BCUT2D eigenvalue weighted by molar-refractivity contribution is -0.150. The number of esters is 1. The van der Waals surface area contributed by atoms with Gasteiger partial charge in [-0.25, -0.2) is 9.48 Å². The summed E-state index contributed by atoms with van der Waals surface area (Å²) in [5.41, 5.74) is 6.96. The second-order valence-electron chi connectivity index (χ2n) is 4.98. The highest BCUT2D eigenvalue weighted by Crippen LogP contribution is 2.40. The topological polar surface area (TPSA) is 116 Å². The van der Waals surface area contributed by atoms with Gasteiger partial charge in [-0.1, -0.05) is 11.8 Å². The maximum Gasteiger partial charge on any atom is 0.355 e. The van der Waals surface area contributed by atoms with Crippen LogP contribution in [0.5, 0.6) is 0 Å². The molecule has 1 saturated heterocycles. The third-order valence-corrected chi connectivity index (χ3v) is 5.97. The van der Waals surface area contributed by atoms with E-state index in [2.05, 4.69) is 15.5 Å². The normalized spacial score (nSPS) is 23.6. The van der Waals surface area contributed by atoms with E-state index in [4.69, 9.17) is 10.5 Å². The molecule has 9 nitrogen and oxygen atoms in total. The average molecular weight is 356 g/mol. The molecule has 124 valence electrons. The first kappa shape index (κ1) is 16.3. The van der Waals surface area contributed by atoms with Crippen molar-refractivity contribution in [1.29, 1.82) is 0 Å². The molecule has 2 aliphatic heterocycles. The van der Waals surface area contributed by atoms with E-state index in [1.165, 1.54) is 16.7 Å². The quantitative estimate of drug-likeness (QED) is 0.418. The monoisotopic (exact) mass is 356 g/mol. The molecule has 0 radical (unpaired) electrons. The minimum atomic E-state index is -0.554. The molecule has 3 rings (SSSR count). The Morgan fingerprint density at radius 1 is 1.57 bits per heavy atom. The molecule has 1 fully saturated rings. The van der Waals surface area contributed by atoms with E-state index in [1.807, 2.05) is 0 Å². The number of carbonyl (C=O) groups excluding carboxylic acids is 2. The number of tetrazole rings is 1. The molecule has 1 unspecified atom stereocenters. The van der Waals surface area contributed by atoms with Gasteiger partial charge in [0.25, 0.3) is 0 Å². The molecule has 1 aromatic rings. The lowest BCUT2D eigenvalue weighted by Gasteiger charge is -2.48. The van der Waals surface area contributed by atoms with Crippen LogP contribution >= 0.6 is 23.5 Å². The van der Waals surface area contributed by atoms with Crippen LogP contribution in [0.15, 0.2) is 16.4 Å². The van der Waals surface area contributed by atoms with Gasteiger partial charge in [0.1, 0.15) is 17.1 Å². The fourth-order valence-corrected chi connectivity index (χ4v) is 4.66. The van der Waals surface area contributed by atoms with Gasteiger partial charge in [-0.05, 0) is 22.9 Å². The van der Waals surface area contributed by atoms with Crippen LogP contribution in [0.2, 0.25) is 0 Å². The molecule has 0 aromatic carbocycles. The largest absolute Gasteiger partial charge is 0.461 e. The van der Waals surface area contributed by atoms with Gasteiger partial charge < -0.3 is 10.5 Å². The zero-order valence-corrected chi connectivity index (χ0v) is 14.3. The lowest BCUT2D eigenvalue weighted by atomic mass is 10.0. The molecule has 11 heteroatoms. The van der Waals surface area contributed by atoms with Crippen LogP contribution in [-0.4, -0.2) is 66.5 Å². The van der Waals surface area contributed by atoms with Crippen molar-refractivity contribution in [2.24, 2.45) is 12.8 Å². The van der Waals surface area contributed by atoms with E-state index in [0.717, 1.165) is 5.57 Å². The Morgan fingerprint density at radius 2 is 2.35 bits per heavy atom. The second kappa shape index (κ2) is 6.49. The van der Waals surface area contributed by atoms with Crippen LogP contribution in [-0.2, 0) is 21.4 Å². The van der Waals surface area contributed by atoms with Crippen LogP contribution in [0.3, 0.4) is 0 Å². The first-order valence-electron chi connectivity index (χ1n) is 6.99. The van der Waals surface area contributed by atoms with E-state index >= 15 is 0 Å². The van der Waals surface area contributed by atoms with Crippen LogP contribution < -0.4 is 5.73 Å². The van der Waals surface area contributed by atoms with Crippen molar-refractivity contribution in [3.63, 3.8) is 0 Å². The number of hydrogen-bond acceptors (Lipinski definition) is 9. The van der Waals surface area contributed by atoms with Gasteiger partial charge in [-0.15, -0.1) is 16.9 Å². The Morgan fingerprint density at radius 3 is 3.00 bits per heavy atom. The number of aromatic nitrogens is 4. The Hall–Kier alpha value is -1.59. The van der Waals surface area contributed by atoms with Crippen LogP contribution in [0, 0.1) is 0 Å². The summed E-state index contributed by atoms with van der Waals surface area (Å²) >= 11 is 2.96. The molecule has 3 heterocycles. The van der Waals surface area contributed by atoms with Crippen molar-refractivity contribution < 1.29 is 14.3 Å². The molecule has 0 aliphatic carbocycles. The van der Waals surface area contributed by atoms with E-state index in [9.17, 15) is 9.59 Å². The van der Waals surface area contributed by atoms with E-state index in [-0.39, 0.29) is 17.9 Å². The third-order valence-electron chi connectivity index (χ3n) is 3.51. The Bertz CT molecular complexity index is 676. The first-order chi connectivity index (χ1) is 11.0. The maximum atomic E-state index is 12.3. The molecule has 0 bridgehead atoms. The molecule has 0 saturated carbocycles.